The van der Waals surface area contributed by atoms with Crippen molar-refractivity contribution >= 4 is 29.2 Å². The van der Waals surface area contributed by atoms with Gasteiger partial charge >= 0.3 is 0 Å². The van der Waals surface area contributed by atoms with Crippen molar-refractivity contribution in [3.8, 4) is 5.69 Å². The molecule has 2 amide bonds. The van der Waals surface area contributed by atoms with Crippen LogP contribution in [0.15, 0.2) is 30.6 Å². The van der Waals surface area contributed by atoms with E-state index in [1.807, 2.05) is 0 Å². The number of benzene rings is 1. The fourth-order valence-electron chi connectivity index (χ4n) is 3.67. The van der Waals surface area contributed by atoms with Crippen LogP contribution in [0, 0.1) is 12.7 Å². The van der Waals surface area contributed by atoms with E-state index in [-0.39, 0.29) is 23.7 Å². The van der Waals surface area contributed by atoms with Crippen LogP contribution in [-0.2, 0) is 0 Å². The maximum absolute atomic E-state index is 14.7. The lowest BCUT2D eigenvalue weighted by Gasteiger charge is -2.20. The Bertz CT molecular complexity index is 1270. The van der Waals surface area contributed by atoms with E-state index >= 15 is 0 Å². The van der Waals surface area contributed by atoms with E-state index in [4.69, 9.17) is 17.3 Å². The molecule has 2 aromatic heterocycles. The van der Waals surface area contributed by atoms with Gasteiger partial charge in [-0.25, -0.2) is 27.8 Å². The Balaban J connectivity index is 1.49. The molecule has 13 heteroatoms. The minimum atomic E-state index is -3.01. The van der Waals surface area contributed by atoms with Gasteiger partial charge in [0.2, 0.25) is 0 Å². The third kappa shape index (κ3) is 4.67. The van der Waals surface area contributed by atoms with Gasteiger partial charge in [-0.3, -0.25) is 9.59 Å². The first kappa shape index (κ1) is 23.5. The Morgan fingerprint density at radius 2 is 2.03 bits per heavy atom. The number of primary amides is 1. The normalized spacial score (nSPS) is 15.7. The number of rotatable bonds is 6. The summed E-state index contributed by atoms with van der Waals surface area (Å²) in [7, 11) is 0. The topological polar surface area (TPSA) is 119 Å². The number of nitrogens with one attached hydrogen (secondary N) is 1. The van der Waals surface area contributed by atoms with Crippen LogP contribution in [0.2, 0.25) is 5.02 Å². The molecule has 4 rings (SSSR count). The third-order valence-electron chi connectivity index (χ3n) is 5.34. The van der Waals surface area contributed by atoms with Crippen molar-refractivity contribution < 1.29 is 22.8 Å². The molecule has 1 atom stereocenters. The van der Waals surface area contributed by atoms with Gasteiger partial charge in [0.05, 0.1) is 21.8 Å². The number of hydrogen-bond donors (Lipinski definition) is 2. The highest BCUT2D eigenvalue weighted by molar-refractivity contribution is 6.34. The second-order valence-electron chi connectivity index (χ2n) is 7.70. The number of pyridine rings is 1. The molecule has 1 fully saturated rings. The van der Waals surface area contributed by atoms with Crippen molar-refractivity contribution in [3.05, 3.63) is 64.1 Å². The number of anilines is 1. The highest BCUT2D eigenvalue weighted by atomic mass is 35.5. The van der Waals surface area contributed by atoms with Crippen LogP contribution in [0.3, 0.4) is 0 Å². The maximum Gasteiger partial charge on any atom is 0.280 e. The predicted molar refractivity (Wildman–Crippen MR) is 117 cm³/mol. The van der Waals surface area contributed by atoms with Gasteiger partial charge in [0, 0.05) is 19.1 Å². The predicted octanol–water partition coefficient (Wildman–Crippen LogP) is 2.81. The molecule has 0 bridgehead atoms. The zero-order chi connectivity index (χ0) is 24.6. The first-order valence-corrected chi connectivity index (χ1v) is 10.5. The molecule has 3 N–H and O–H groups in total. The van der Waals surface area contributed by atoms with Crippen LogP contribution in [0.1, 0.15) is 45.1 Å². The number of nitrogens with zero attached hydrogens (tertiary/aromatic N) is 5. The van der Waals surface area contributed by atoms with E-state index in [0.717, 1.165) is 0 Å². The van der Waals surface area contributed by atoms with Crippen molar-refractivity contribution in [2.24, 2.45) is 5.73 Å². The number of aryl methyl sites for hydroxylation is 1. The Kier molecular flexibility index (Phi) is 6.42. The van der Waals surface area contributed by atoms with Crippen molar-refractivity contribution in [3.63, 3.8) is 0 Å². The molecule has 0 spiro atoms. The van der Waals surface area contributed by atoms with Gasteiger partial charge in [-0.15, -0.1) is 0 Å². The number of hydrogen-bond acceptors (Lipinski definition) is 6. The zero-order valence-corrected chi connectivity index (χ0v) is 18.6. The summed E-state index contributed by atoms with van der Waals surface area (Å²) in [5.41, 5.74) is 4.55. The lowest BCUT2D eigenvalue weighted by molar-refractivity contribution is 0.0939. The molecule has 3 heterocycles. The van der Waals surface area contributed by atoms with Crippen molar-refractivity contribution in [2.45, 2.75) is 25.8 Å². The molecule has 0 saturated carbocycles. The van der Waals surface area contributed by atoms with Crippen molar-refractivity contribution in [2.75, 3.05) is 18.0 Å². The van der Waals surface area contributed by atoms with Gasteiger partial charge in [0.25, 0.3) is 18.2 Å². The maximum atomic E-state index is 14.7. The van der Waals surface area contributed by atoms with E-state index in [9.17, 15) is 22.8 Å². The summed E-state index contributed by atoms with van der Waals surface area (Å²) in [6, 6.07) is 4.99. The van der Waals surface area contributed by atoms with E-state index in [1.165, 1.54) is 15.9 Å². The van der Waals surface area contributed by atoms with Crippen LogP contribution in [0.5, 0.6) is 0 Å². The average Bonchev–Trinajstić information content (AvgIpc) is 3.42. The minimum Gasteiger partial charge on any atom is -0.366 e. The van der Waals surface area contributed by atoms with Gasteiger partial charge in [-0.05, 0) is 37.6 Å². The van der Waals surface area contributed by atoms with E-state index in [2.05, 4.69) is 20.4 Å². The van der Waals surface area contributed by atoms with E-state index in [1.54, 1.807) is 25.1 Å². The van der Waals surface area contributed by atoms with Gasteiger partial charge in [-0.1, -0.05) is 11.6 Å². The molecule has 1 aliphatic heterocycles. The molecule has 0 aliphatic carbocycles. The first-order chi connectivity index (χ1) is 16.1. The number of nitrogens with two attached hydrogens (primary N) is 1. The second kappa shape index (κ2) is 9.29. The molecule has 34 heavy (non-hydrogen) atoms. The number of aromatic nitrogens is 4. The van der Waals surface area contributed by atoms with Gasteiger partial charge in [-0.2, -0.15) is 5.10 Å². The van der Waals surface area contributed by atoms with Crippen molar-refractivity contribution in [1.29, 1.82) is 0 Å². The van der Waals surface area contributed by atoms with Crippen LogP contribution in [0.25, 0.3) is 5.69 Å². The Labute approximate surface area is 196 Å². The molecule has 9 nitrogen and oxygen atoms in total. The van der Waals surface area contributed by atoms with Crippen LogP contribution >= 0.6 is 11.6 Å². The number of amides is 2. The molecule has 1 aliphatic rings. The summed E-state index contributed by atoms with van der Waals surface area (Å²) in [4.78, 5) is 33.4. The van der Waals surface area contributed by atoms with E-state index < -0.39 is 47.2 Å². The number of carbonyl (C=O) groups excluding carboxylic acids is 2. The van der Waals surface area contributed by atoms with Gasteiger partial charge < -0.3 is 16.0 Å². The number of alkyl halides is 2. The van der Waals surface area contributed by atoms with Gasteiger partial charge in [0.15, 0.2) is 11.6 Å². The SMILES string of the molecule is Cc1ncn(-c2ccc(C(=O)N[C@@H]3CCN(c4nc(C(F)F)cc(C(N)=O)c4F)C3)c(Cl)c2)n1. The first-order valence-electron chi connectivity index (χ1n) is 10.2. The largest absolute Gasteiger partial charge is 0.366 e. The summed E-state index contributed by atoms with van der Waals surface area (Å²) in [6.07, 6.45) is -1.10. The number of halogens is 4. The van der Waals surface area contributed by atoms with Crippen LogP contribution in [0.4, 0.5) is 19.0 Å². The summed E-state index contributed by atoms with van der Waals surface area (Å²) in [5, 5.41) is 7.19. The lowest BCUT2D eigenvalue weighted by atomic mass is 10.1. The molecule has 1 saturated heterocycles. The monoisotopic (exact) mass is 493 g/mol. The van der Waals surface area contributed by atoms with Crippen molar-refractivity contribution in [1.82, 2.24) is 25.1 Å². The molecular weight excluding hydrogens is 475 g/mol. The summed E-state index contributed by atoms with van der Waals surface area (Å²) >= 11 is 6.30. The third-order valence-corrected chi connectivity index (χ3v) is 5.65. The van der Waals surface area contributed by atoms with Crippen LogP contribution < -0.4 is 16.0 Å². The molecule has 1 aromatic carbocycles. The van der Waals surface area contributed by atoms with E-state index in [0.29, 0.717) is 24.0 Å². The summed E-state index contributed by atoms with van der Waals surface area (Å²) < 4.78 is 42.6. The minimum absolute atomic E-state index is 0.0918. The molecular formula is C21H19ClF3N7O2. The standard InChI is InChI=1S/C21H19ClF3N7O2/c1-10-27-9-32(30-10)12-2-3-13(15(22)6-12)21(34)28-11-4-5-31(8-11)20-17(23)14(19(26)33)7-16(29-20)18(24)25/h2-3,6-7,9,11,18H,4-5,8H2,1H3,(H2,26,33)(H,28,34)/t11-/m1/s1. The molecule has 0 unspecified atom stereocenters. The Morgan fingerprint density at radius 3 is 2.65 bits per heavy atom. The van der Waals surface area contributed by atoms with Gasteiger partial charge in [0.1, 0.15) is 17.8 Å². The summed E-state index contributed by atoms with van der Waals surface area (Å²) in [6.45, 7) is 2.05. The second-order valence-corrected chi connectivity index (χ2v) is 8.11. The Hall–Kier alpha value is -3.67. The molecule has 3 aromatic rings. The molecule has 0 radical (unpaired) electrons. The highest BCUT2D eigenvalue weighted by Crippen LogP contribution is 2.29. The highest BCUT2D eigenvalue weighted by Gasteiger charge is 2.30. The lowest BCUT2D eigenvalue weighted by Crippen LogP contribution is -2.37. The molecule has 178 valence electrons. The quantitative estimate of drug-likeness (QED) is 0.545. The Morgan fingerprint density at radius 1 is 1.26 bits per heavy atom. The summed E-state index contributed by atoms with van der Waals surface area (Å²) in [5.74, 6) is -2.53. The number of carbonyl (C=O) groups is 2. The fourth-order valence-corrected chi connectivity index (χ4v) is 3.93. The van der Waals surface area contributed by atoms with Crippen LogP contribution in [-0.4, -0.2) is 50.7 Å². The smallest absolute Gasteiger partial charge is 0.280 e. The fraction of sp³-hybridized carbons (Fsp3) is 0.286. The zero-order valence-electron chi connectivity index (χ0n) is 17.8. The average molecular weight is 494 g/mol.